The van der Waals surface area contributed by atoms with Crippen molar-refractivity contribution >= 4 is 22.2 Å². The van der Waals surface area contributed by atoms with Gasteiger partial charge >= 0.3 is 22.2 Å². The van der Waals surface area contributed by atoms with Crippen LogP contribution >= 0.6 is 0 Å². The van der Waals surface area contributed by atoms with Gasteiger partial charge in [0.15, 0.2) is 0 Å². The fraction of sp³-hybridized carbons (Fsp3) is 0.440. The molecule has 1 amide bonds. The molecule has 2 aromatic rings. The molecule has 1 atom stereocenters. The van der Waals surface area contributed by atoms with Crippen molar-refractivity contribution in [3.63, 3.8) is 0 Å². The number of alkyl carbamates (subject to hydrolysis) is 1. The van der Waals surface area contributed by atoms with Gasteiger partial charge in [-0.25, -0.2) is 9.59 Å². The van der Waals surface area contributed by atoms with Gasteiger partial charge in [0.2, 0.25) is 0 Å². The summed E-state index contributed by atoms with van der Waals surface area (Å²) >= 11 is 0. The molecular weight excluding hydrogens is 458 g/mol. The van der Waals surface area contributed by atoms with Crippen molar-refractivity contribution in [2.24, 2.45) is 0 Å². The Morgan fingerprint density at radius 2 is 1.38 bits per heavy atom. The number of ether oxygens (including phenoxy) is 2. The first-order chi connectivity index (χ1) is 15.5. The molecular formula is C25H33NO7S. The Hall–Kier alpha value is -3.07. The minimum Gasteiger partial charge on any atom is -0.458 e. The van der Waals surface area contributed by atoms with Crippen LogP contribution in [0.1, 0.15) is 52.7 Å². The van der Waals surface area contributed by atoms with Gasteiger partial charge in [-0.1, -0.05) is 29.8 Å². The normalized spacial score (nSPS) is 13.0. The van der Waals surface area contributed by atoms with Crippen LogP contribution in [0, 0.1) is 6.92 Å². The summed E-state index contributed by atoms with van der Waals surface area (Å²) in [6.45, 7) is 12.2. The fourth-order valence-corrected chi connectivity index (χ4v) is 3.74. The van der Waals surface area contributed by atoms with Crippen molar-refractivity contribution in [3.8, 4) is 5.75 Å². The third-order valence-corrected chi connectivity index (χ3v) is 5.52. The van der Waals surface area contributed by atoms with E-state index >= 15 is 0 Å². The number of rotatable bonds is 7. The minimum absolute atomic E-state index is 0.0497. The van der Waals surface area contributed by atoms with Crippen LogP contribution in [0.25, 0.3) is 0 Å². The maximum atomic E-state index is 12.7. The molecule has 0 saturated heterocycles. The van der Waals surface area contributed by atoms with E-state index in [4.69, 9.17) is 13.7 Å². The van der Waals surface area contributed by atoms with Crippen LogP contribution in [0.2, 0.25) is 0 Å². The molecule has 0 bridgehead atoms. The van der Waals surface area contributed by atoms with Gasteiger partial charge < -0.3 is 19.0 Å². The second-order valence-corrected chi connectivity index (χ2v) is 11.5. The number of amides is 1. The second kappa shape index (κ2) is 10.5. The quantitative estimate of drug-likeness (QED) is 0.447. The standard InChI is InChI=1S/C25H33NO7S/c1-17-8-14-20(15-9-17)34(29,30)33-19-12-10-18(11-13-19)16-21(22(27)31-24(2,3)4)26-23(28)32-25(5,6)7/h8-15,21H,16H2,1-7H3,(H,26,28). The van der Waals surface area contributed by atoms with Crippen LogP contribution in [0.3, 0.4) is 0 Å². The summed E-state index contributed by atoms with van der Waals surface area (Å²) in [6.07, 6.45) is -0.633. The molecule has 0 saturated carbocycles. The molecule has 0 aliphatic rings. The van der Waals surface area contributed by atoms with Crippen LogP contribution in [-0.4, -0.2) is 37.7 Å². The van der Waals surface area contributed by atoms with Gasteiger partial charge in [0.25, 0.3) is 0 Å². The van der Waals surface area contributed by atoms with E-state index in [0.717, 1.165) is 5.56 Å². The lowest BCUT2D eigenvalue weighted by Gasteiger charge is -2.26. The molecule has 0 spiro atoms. The van der Waals surface area contributed by atoms with E-state index < -0.39 is 39.4 Å². The Kier molecular flexibility index (Phi) is 8.36. The third kappa shape index (κ3) is 9.05. The molecule has 2 rings (SSSR count). The van der Waals surface area contributed by atoms with E-state index in [2.05, 4.69) is 5.32 Å². The molecule has 0 aliphatic carbocycles. The van der Waals surface area contributed by atoms with Crippen molar-refractivity contribution in [3.05, 3.63) is 59.7 Å². The Morgan fingerprint density at radius 1 is 0.853 bits per heavy atom. The van der Waals surface area contributed by atoms with Crippen molar-refractivity contribution in [2.75, 3.05) is 0 Å². The van der Waals surface area contributed by atoms with E-state index in [0.29, 0.717) is 5.56 Å². The average Bonchev–Trinajstić information content (AvgIpc) is 2.66. The summed E-state index contributed by atoms with van der Waals surface area (Å²) in [6, 6.07) is 11.5. The molecule has 0 fully saturated rings. The highest BCUT2D eigenvalue weighted by Gasteiger charge is 2.29. The highest BCUT2D eigenvalue weighted by atomic mass is 32.2. The number of aryl methyl sites for hydroxylation is 1. The van der Waals surface area contributed by atoms with Crippen LogP contribution in [0.4, 0.5) is 4.79 Å². The van der Waals surface area contributed by atoms with Gasteiger partial charge in [0, 0.05) is 6.42 Å². The summed E-state index contributed by atoms with van der Waals surface area (Å²) in [5.74, 6) is -0.487. The van der Waals surface area contributed by atoms with Gasteiger partial charge in [0.1, 0.15) is 27.9 Å². The van der Waals surface area contributed by atoms with E-state index in [-0.39, 0.29) is 17.1 Å². The number of nitrogens with one attached hydrogen (secondary N) is 1. The van der Waals surface area contributed by atoms with Crippen LogP contribution in [0.15, 0.2) is 53.4 Å². The fourth-order valence-electron chi connectivity index (χ4n) is 2.81. The number of carbonyl (C=O) groups excluding carboxylic acids is 2. The Labute approximate surface area is 201 Å². The Balaban J connectivity index is 2.15. The minimum atomic E-state index is -3.98. The SMILES string of the molecule is Cc1ccc(S(=O)(=O)Oc2ccc(CC(NC(=O)OC(C)(C)C)C(=O)OC(C)(C)C)cc2)cc1. The van der Waals surface area contributed by atoms with E-state index in [1.165, 1.54) is 24.3 Å². The third-order valence-electron chi connectivity index (χ3n) is 4.26. The van der Waals surface area contributed by atoms with Gasteiger partial charge in [-0.05, 0) is 78.3 Å². The number of esters is 1. The highest BCUT2D eigenvalue weighted by Crippen LogP contribution is 2.21. The van der Waals surface area contributed by atoms with Crippen LogP contribution in [-0.2, 0) is 30.8 Å². The molecule has 1 unspecified atom stereocenters. The molecule has 34 heavy (non-hydrogen) atoms. The number of benzene rings is 2. The smallest absolute Gasteiger partial charge is 0.408 e. The molecule has 9 heteroatoms. The van der Waals surface area contributed by atoms with Gasteiger partial charge in [-0.3, -0.25) is 0 Å². The summed E-state index contributed by atoms with van der Waals surface area (Å²) in [5.41, 5.74) is 0.118. The maximum Gasteiger partial charge on any atom is 0.408 e. The van der Waals surface area contributed by atoms with Crippen LogP contribution in [0.5, 0.6) is 5.75 Å². The molecule has 0 heterocycles. The maximum absolute atomic E-state index is 12.7. The van der Waals surface area contributed by atoms with Crippen molar-refractivity contribution in [2.45, 2.75) is 77.0 Å². The second-order valence-electron chi connectivity index (χ2n) is 9.93. The molecule has 2 aromatic carbocycles. The average molecular weight is 492 g/mol. The number of carbonyl (C=O) groups is 2. The Morgan fingerprint density at radius 3 is 1.88 bits per heavy atom. The van der Waals surface area contributed by atoms with E-state index in [1.807, 2.05) is 6.92 Å². The van der Waals surface area contributed by atoms with E-state index in [9.17, 15) is 18.0 Å². The summed E-state index contributed by atoms with van der Waals surface area (Å²) < 4.78 is 40.9. The zero-order chi connectivity index (χ0) is 25.7. The first-order valence-corrected chi connectivity index (χ1v) is 12.3. The Bertz CT molecular complexity index is 1090. The van der Waals surface area contributed by atoms with Gasteiger partial charge in [0.05, 0.1) is 0 Å². The summed E-state index contributed by atoms with van der Waals surface area (Å²) in [7, 11) is -3.98. The first-order valence-electron chi connectivity index (χ1n) is 10.9. The molecule has 0 aliphatic heterocycles. The van der Waals surface area contributed by atoms with Crippen molar-refractivity contribution < 1.29 is 31.7 Å². The van der Waals surface area contributed by atoms with Gasteiger partial charge in [-0.2, -0.15) is 8.42 Å². The molecule has 1 N–H and O–H groups in total. The summed E-state index contributed by atoms with van der Waals surface area (Å²) in [4.78, 5) is 25.0. The molecule has 8 nitrogen and oxygen atoms in total. The molecule has 0 aromatic heterocycles. The lowest BCUT2D eigenvalue weighted by atomic mass is 10.1. The summed E-state index contributed by atoms with van der Waals surface area (Å²) in [5, 5.41) is 2.56. The van der Waals surface area contributed by atoms with Crippen molar-refractivity contribution in [1.82, 2.24) is 5.32 Å². The number of hydrogen-bond donors (Lipinski definition) is 1. The van der Waals surface area contributed by atoms with Crippen LogP contribution < -0.4 is 9.50 Å². The zero-order valence-corrected chi connectivity index (χ0v) is 21.5. The predicted octanol–water partition coefficient (Wildman–Crippen LogP) is 4.54. The zero-order valence-electron chi connectivity index (χ0n) is 20.7. The molecule has 186 valence electrons. The first kappa shape index (κ1) is 27.2. The largest absolute Gasteiger partial charge is 0.458 e. The lowest BCUT2D eigenvalue weighted by molar-refractivity contribution is -0.157. The predicted molar refractivity (Wildman–Crippen MR) is 128 cm³/mol. The molecule has 0 radical (unpaired) electrons. The lowest BCUT2D eigenvalue weighted by Crippen LogP contribution is -2.47. The van der Waals surface area contributed by atoms with E-state index in [1.54, 1.807) is 65.8 Å². The highest BCUT2D eigenvalue weighted by molar-refractivity contribution is 7.87. The monoisotopic (exact) mass is 491 g/mol. The van der Waals surface area contributed by atoms with Crippen molar-refractivity contribution in [1.29, 1.82) is 0 Å². The topological polar surface area (TPSA) is 108 Å². The number of hydrogen-bond acceptors (Lipinski definition) is 7. The van der Waals surface area contributed by atoms with Gasteiger partial charge in [-0.15, -0.1) is 0 Å².